The van der Waals surface area contributed by atoms with Gasteiger partial charge in [-0.3, -0.25) is 14.2 Å². The molecular formula is C18H15N5O2S3. The smallest absolute Gasteiger partial charge is 0.262 e. The van der Waals surface area contributed by atoms with Crippen LogP contribution in [0.4, 0.5) is 5.13 Å². The summed E-state index contributed by atoms with van der Waals surface area (Å²) in [5, 5.41) is 13.7. The van der Waals surface area contributed by atoms with Gasteiger partial charge in [-0.05, 0) is 17.0 Å². The van der Waals surface area contributed by atoms with Gasteiger partial charge >= 0.3 is 0 Å². The third kappa shape index (κ3) is 4.46. The first-order chi connectivity index (χ1) is 13.7. The van der Waals surface area contributed by atoms with Crippen molar-refractivity contribution in [1.29, 1.82) is 0 Å². The zero-order valence-corrected chi connectivity index (χ0v) is 17.0. The van der Waals surface area contributed by atoms with E-state index in [1.165, 1.54) is 39.1 Å². The minimum absolute atomic E-state index is 0.130. The van der Waals surface area contributed by atoms with Gasteiger partial charge in [0.25, 0.3) is 5.56 Å². The number of benzene rings is 1. The molecule has 4 aromatic rings. The van der Waals surface area contributed by atoms with Crippen LogP contribution in [0.1, 0.15) is 12.0 Å². The third-order valence-electron chi connectivity index (χ3n) is 3.89. The highest BCUT2D eigenvalue weighted by atomic mass is 32.2. The first-order valence-corrected chi connectivity index (χ1v) is 11.1. The van der Waals surface area contributed by atoms with Crippen LogP contribution in [0.3, 0.4) is 0 Å². The Labute approximate surface area is 172 Å². The van der Waals surface area contributed by atoms with Gasteiger partial charge in [0.15, 0.2) is 4.34 Å². The number of nitrogens with zero attached hydrogens (tertiary/aromatic N) is 4. The van der Waals surface area contributed by atoms with Crippen molar-refractivity contribution >= 4 is 55.7 Å². The van der Waals surface area contributed by atoms with Crippen LogP contribution in [-0.2, 0) is 17.1 Å². The molecule has 1 N–H and O–H groups in total. The van der Waals surface area contributed by atoms with E-state index in [0.717, 1.165) is 10.1 Å². The molecule has 0 fully saturated rings. The lowest BCUT2D eigenvalue weighted by Crippen LogP contribution is -2.23. The quantitative estimate of drug-likeness (QED) is 0.356. The molecule has 3 heterocycles. The van der Waals surface area contributed by atoms with Gasteiger partial charge < -0.3 is 5.32 Å². The van der Waals surface area contributed by atoms with Crippen molar-refractivity contribution in [2.45, 2.75) is 23.1 Å². The molecule has 0 saturated heterocycles. The molecule has 1 amide bonds. The number of carbonyl (C=O) groups is 1. The number of amides is 1. The van der Waals surface area contributed by atoms with Crippen molar-refractivity contribution in [2.75, 3.05) is 5.32 Å². The Balaban J connectivity index is 1.30. The van der Waals surface area contributed by atoms with E-state index >= 15 is 0 Å². The highest BCUT2D eigenvalue weighted by Crippen LogP contribution is 2.28. The van der Waals surface area contributed by atoms with Crippen molar-refractivity contribution < 1.29 is 4.79 Å². The van der Waals surface area contributed by atoms with E-state index in [2.05, 4.69) is 32.6 Å². The van der Waals surface area contributed by atoms with Gasteiger partial charge in [0.05, 0.1) is 11.7 Å². The number of rotatable bonds is 7. The maximum atomic E-state index is 12.3. The SMILES string of the molecule is O=C(CCn1cnc2sccc2c1=O)Nc1nnc(SCc2ccccc2)s1. The molecular weight excluding hydrogens is 414 g/mol. The fourth-order valence-electron chi connectivity index (χ4n) is 2.49. The molecule has 4 rings (SSSR count). The van der Waals surface area contributed by atoms with Gasteiger partial charge in [-0.2, -0.15) is 0 Å². The summed E-state index contributed by atoms with van der Waals surface area (Å²) < 4.78 is 2.25. The maximum absolute atomic E-state index is 12.3. The molecule has 0 atom stereocenters. The molecule has 0 saturated carbocycles. The van der Waals surface area contributed by atoms with Crippen molar-refractivity contribution in [3.63, 3.8) is 0 Å². The number of aryl methyl sites for hydroxylation is 1. The standard InChI is InChI=1S/C18H15N5O2S3/c24-14(6-8-23-11-19-15-13(16(23)25)7-9-26-15)20-17-21-22-18(28-17)27-10-12-4-2-1-3-5-12/h1-5,7,9,11H,6,8,10H2,(H,20,21,24). The van der Waals surface area contributed by atoms with Gasteiger partial charge in [0, 0.05) is 18.7 Å². The van der Waals surface area contributed by atoms with Crippen LogP contribution < -0.4 is 10.9 Å². The minimum Gasteiger partial charge on any atom is -0.300 e. The summed E-state index contributed by atoms with van der Waals surface area (Å²) >= 11 is 4.34. The van der Waals surface area contributed by atoms with E-state index in [-0.39, 0.29) is 24.4 Å². The van der Waals surface area contributed by atoms with E-state index < -0.39 is 0 Å². The zero-order valence-electron chi connectivity index (χ0n) is 14.6. The van der Waals surface area contributed by atoms with Crippen molar-refractivity contribution in [3.8, 4) is 0 Å². The average Bonchev–Trinajstić information content (AvgIpc) is 3.36. The molecule has 3 aromatic heterocycles. The molecule has 0 unspecified atom stereocenters. The molecule has 0 aliphatic carbocycles. The molecule has 142 valence electrons. The van der Waals surface area contributed by atoms with Crippen molar-refractivity contribution in [2.24, 2.45) is 0 Å². The first kappa shape index (κ1) is 18.8. The van der Waals surface area contributed by atoms with Gasteiger partial charge in [-0.25, -0.2) is 4.98 Å². The van der Waals surface area contributed by atoms with E-state index in [4.69, 9.17) is 0 Å². The molecule has 0 radical (unpaired) electrons. The summed E-state index contributed by atoms with van der Waals surface area (Å²) in [5.41, 5.74) is 1.07. The molecule has 0 aliphatic rings. The number of fused-ring (bicyclic) bond motifs is 1. The van der Waals surface area contributed by atoms with Crippen LogP contribution in [-0.4, -0.2) is 25.7 Å². The van der Waals surface area contributed by atoms with Crippen LogP contribution in [0, 0.1) is 0 Å². The van der Waals surface area contributed by atoms with Crippen molar-refractivity contribution in [3.05, 3.63) is 64.0 Å². The summed E-state index contributed by atoms with van der Waals surface area (Å²) in [6.45, 7) is 0.262. The van der Waals surface area contributed by atoms with Gasteiger partial charge in [-0.1, -0.05) is 53.4 Å². The number of thiophene rings is 1. The Morgan fingerprint density at radius 2 is 2.04 bits per heavy atom. The Hall–Kier alpha value is -2.56. The lowest BCUT2D eigenvalue weighted by Gasteiger charge is -2.04. The highest BCUT2D eigenvalue weighted by Gasteiger charge is 2.11. The van der Waals surface area contributed by atoms with Gasteiger partial charge in [0.1, 0.15) is 4.83 Å². The fourth-order valence-corrected chi connectivity index (χ4v) is 4.94. The average molecular weight is 430 g/mol. The summed E-state index contributed by atoms with van der Waals surface area (Å²) in [6, 6.07) is 11.8. The van der Waals surface area contributed by atoms with Gasteiger partial charge in [-0.15, -0.1) is 21.5 Å². The lowest BCUT2D eigenvalue weighted by molar-refractivity contribution is -0.116. The van der Waals surface area contributed by atoms with E-state index in [1.54, 1.807) is 17.8 Å². The number of aromatic nitrogens is 4. The Bertz CT molecular complexity index is 1150. The monoisotopic (exact) mass is 429 g/mol. The summed E-state index contributed by atoms with van der Waals surface area (Å²) in [5.74, 6) is 0.581. The van der Waals surface area contributed by atoms with E-state index in [0.29, 0.717) is 15.3 Å². The molecule has 7 nitrogen and oxygen atoms in total. The second kappa shape index (κ2) is 8.63. The number of hydrogen-bond acceptors (Lipinski definition) is 8. The summed E-state index contributed by atoms with van der Waals surface area (Å²) in [4.78, 5) is 29.5. The van der Waals surface area contributed by atoms with Gasteiger partial charge in [0.2, 0.25) is 11.0 Å². The minimum atomic E-state index is -0.215. The fraction of sp³-hybridized carbons (Fsp3) is 0.167. The molecule has 0 bridgehead atoms. The Morgan fingerprint density at radius 1 is 1.18 bits per heavy atom. The number of nitrogens with one attached hydrogen (secondary N) is 1. The van der Waals surface area contributed by atoms with Crippen LogP contribution in [0.5, 0.6) is 0 Å². The molecule has 0 spiro atoms. The van der Waals surface area contributed by atoms with E-state index in [1.807, 2.05) is 23.6 Å². The highest BCUT2D eigenvalue weighted by molar-refractivity contribution is 8.00. The van der Waals surface area contributed by atoms with Crippen LogP contribution in [0.25, 0.3) is 10.2 Å². The number of anilines is 1. The Kier molecular flexibility index (Phi) is 5.79. The maximum Gasteiger partial charge on any atom is 0.262 e. The largest absolute Gasteiger partial charge is 0.300 e. The predicted molar refractivity (Wildman–Crippen MR) is 113 cm³/mol. The first-order valence-electron chi connectivity index (χ1n) is 8.42. The second-order valence-corrected chi connectivity index (χ2v) is 8.92. The number of carbonyl (C=O) groups excluding carboxylic acids is 1. The summed E-state index contributed by atoms with van der Waals surface area (Å²) in [7, 11) is 0. The van der Waals surface area contributed by atoms with Crippen LogP contribution in [0.15, 0.2) is 57.2 Å². The number of thioether (sulfide) groups is 1. The Morgan fingerprint density at radius 3 is 2.89 bits per heavy atom. The molecule has 0 aliphatic heterocycles. The summed E-state index contributed by atoms with van der Waals surface area (Å²) in [6.07, 6.45) is 1.64. The van der Waals surface area contributed by atoms with Crippen LogP contribution >= 0.6 is 34.4 Å². The zero-order chi connectivity index (χ0) is 19.3. The molecule has 1 aromatic carbocycles. The predicted octanol–water partition coefficient (Wildman–Crippen LogP) is 3.63. The third-order valence-corrected chi connectivity index (χ3v) is 6.75. The van der Waals surface area contributed by atoms with Crippen LogP contribution in [0.2, 0.25) is 0 Å². The number of hydrogen-bond donors (Lipinski definition) is 1. The second-order valence-electron chi connectivity index (χ2n) is 5.83. The topological polar surface area (TPSA) is 89.8 Å². The normalized spacial score (nSPS) is 11.0. The lowest BCUT2D eigenvalue weighted by atomic mass is 10.2. The molecule has 10 heteroatoms. The van der Waals surface area contributed by atoms with E-state index in [9.17, 15) is 9.59 Å². The molecule has 28 heavy (non-hydrogen) atoms. The van der Waals surface area contributed by atoms with Crippen molar-refractivity contribution in [1.82, 2.24) is 19.7 Å².